The van der Waals surface area contributed by atoms with Crippen molar-refractivity contribution in [1.29, 1.82) is 0 Å². The van der Waals surface area contributed by atoms with E-state index >= 15 is 0 Å². The maximum atomic E-state index is 12.3. The largest absolute Gasteiger partial charge is 0.507 e. The van der Waals surface area contributed by atoms with E-state index in [0.29, 0.717) is 10.5 Å². The summed E-state index contributed by atoms with van der Waals surface area (Å²) in [5.74, 6) is 1.07. The molecule has 0 radical (unpaired) electrons. The van der Waals surface area contributed by atoms with Gasteiger partial charge in [0.25, 0.3) is 0 Å². The zero-order chi connectivity index (χ0) is 17.5. The van der Waals surface area contributed by atoms with Crippen LogP contribution >= 0.6 is 11.8 Å². The zero-order valence-corrected chi connectivity index (χ0v) is 15.0. The number of Topliss-reactive ketones (excluding diaryl/α,β-unsaturated/α-hetero) is 1. The molecule has 1 unspecified atom stereocenters. The summed E-state index contributed by atoms with van der Waals surface area (Å²) in [6.45, 7) is 2.33. The fourth-order valence-corrected chi connectivity index (χ4v) is 2.93. The lowest BCUT2D eigenvalue weighted by Gasteiger charge is -2.14. The molecule has 0 aliphatic carbocycles. The van der Waals surface area contributed by atoms with Gasteiger partial charge >= 0.3 is 0 Å². The van der Waals surface area contributed by atoms with Gasteiger partial charge in [-0.2, -0.15) is 0 Å². The van der Waals surface area contributed by atoms with Crippen molar-refractivity contribution >= 4 is 17.5 Å². The lowest BCUT2D eigenvalue weighted by atomic mass is 10.1. The van der Waals surface area contributed by atoms with Crippen LogP contribution in [0.25, 0.3) is 0 Å². The Labute approximate surface area is 147 Å². The number of methoxy groups -OCH3 is 1. The Morgan fingerprint density at radius 2 is 1.96 bits per heavy atom. The highest BCUT2D eigenvalue weighted by Crippen LogP contribution is 2.27. The number of ether oxygens (including phenoxy) is 1. The number of hydrogen-bond donors (Lipinski definition) is 2. The SMILES string of the molecule is COc1ccc(CC(C)NCC(=O)c2ccc(O)c(SC)c2)cc1. The molecule has 2 N–H and O–H groups in total. The highest BCUT2D eigenvalue weighted by atomic mass is 32.2. The number of rotatable bonds is 8. The van der Waals surface area contributed by atoms with E-state index in [9.17, 15) is 9.90 Å². The normalized spacial score (nSPS) is 12.0. The fraction of sp³-hybridized carbons (Fsp3) is 0.316. The van der Waals surface area contributed by atoms with Gasteiger partial charge < -0.3 is 15.2 Å². The second kappa shape index (κ2) is 8.76. The summed E-state index contributed by atoms with van der Waals surface area (Å²) in [6, 6.07) is 13.1. The third-order valence-corrected chi connectivity index (χ3v) is 4.58. The van der Waals surface area contributed by atoms with E-state index in [2.05, 4.69) is 12.2 Å². The van der Waals surface area contributed by atoms with Crippen LogP contribution in [0.1, 0.15) is 22.8 Å². The third-order valence-electron chi connectivity index (χ3n) is 3.81. The predicted octanol–water partition coefficient (Wildman–Crippen LogP) is 3.53. The molecule has 0 amide bonds. The van der Waals surface area contributed by atoms with Crippen LogP contribution in [0.2, 0.25) is 0 Å². The number of carbonyl (C=O) groups is 1. The molecular formula is C19H23NO3S. The Morgan fingerprint density at radius 1 is 1.25 bits per heavy atom. The number of benzene rings is 2. The maximum Gasteiger partial charge on any atom is 0.176 e. The molecule has 0 fully saturated rings. The Hall–Kier alpha value is -1.98. The third kappa shape index (κ3) is 5.01. The molecule has 2 aromatic carbocycles. The number of phenols is 1. The van der Waals surface area contributed by atoms with Crippen molar-refractivity contribution in [2.45, 2.75) is 24.3 Å². The molecule has 1 atom stereocenters. The molecule has 0 heterocycles. The summed E-state index contributed by atoms with van der Waals surface area (Å²) in [5.41, 5.74) is 1.80. The summed E-state index contributed by atoms with van der Waals surface area (Å²) >= 11 is 1.42. The van der Waals surface area contributed by atoms with Crippen molar-refractivity contribution in [3.63, 3.8) is 0 Å². The van der Waals surface area contributed by atoms with Crippen LogP contribution in [0, 0.1) is 0 Å². The first kappa shape index (κ1) is 18.4. The molecule has 24 heavy (non-hydrogen) atoms. The van der Waals surface area contributed by atoms with E-state index in [1.807, 2.05) is 30.5 Å². The summed E-state index contributed by atoms with van der Waals surface area (Å²) in [7, 11) is 1.65. The maximum absolute atomic E-state index is 12.3. The highest BCUT2D eigenvalue weighted by Gasteiger charge is 2.11. The topological polar surface area (TPSA) is 58.6 Å². The van der Waals surface area contributed by atoms with Crippen LogP contribution in [-0.2, 0) is 6.42 Å². The van der Waals surface area contributed by atoms with Gasteiger partial charge in [-0.15, -0.1) is 11.8 Å². The molecule has 2 aromatic rings. The molecule has 0 saturated heterocycles. The minimum Gasteiger partial charge on any atom is -0.507 e. The number of thioether (sulfide) groups is 1. The lowest BCUT2D eigenvalue weighted by Crippen LogP contribution is -2.33. The van der Waals surface area contributed by atoms with Crippen molar-refractivity contribution in [2.75, 3.05) is 19.9 Å². The predicted molar refractivity (Wildman–Crippen MR) is 98.4 cm³/mol. The van der Waals surface area contributed by atoms with E-state index in [-0.39, 0.29) is 24.1 Å². The van der Waals surface area contributed by atoms with E-state index in [1.54, 1.807) is 25.3 Å². The van der Waals surface area contributed by atoms with Gasteiger partial charge in [0.2, 0.25) is 0 Å². The highest BCUT2D eigenvalue weighted by molar-refractivity contribution is 7.98. The second-order valence-corrected chi connectivity index (χ2v) is 6.49. The molecule has 128 valence electrons. The molecule has 0 aliphatic rings. The molecule has 2 rings (SSSR count). The summed E-state index contributed by atoms with van der Waals surface area (Å²) in [5, 5.41) is 12.9. The van der Waals surface area contributed by atoms with Crippen molar-refractivity contribution in [2.24, 2.45) is 0 Å². The van der Waals surface area contributed by atoms with Crippen LogP contribution < -0.4 is 10.1 Å². The van der Waals surface area contributed by atoms with Crippen LogP contribution in [0.5, 0.6) is 11.5 Å². The van der Waals surface area contributed by atoms with E-state index in [0.717, 1.165) is 12.2 Å². The average molecular weight is 345 g/mol. The summed E-state index contributed by atoms with van der Waals surface area (Å²) in [4.78, 5) is 13.0. The van der Waals surface area contributed by atoms with Crippen LogP contribution in [0.3, 0.4) is 0 Å². The van der Waals surface area contributed by atoms with Gasteiger partial charge in [0.1, 0.15) is 11.5 Å². The molecule has 5 heteroatoms. The number of hydrogen-bond acceptors (Lipinski definition) is 5. The Kier molecular flexibility index (Phi) is 6.70. The van der Waals surface area contributed by atoms with E-state index in [1.165, 1.54) is 17.3 Å². The fourth-order valence-electron chi connectivity index (χ4n) is 2.41. The monoisotopic (exact) mass is 345 g/mol. The summed E-state index contributed by atoms with van der Waals surface area (Å²) < 4.78 is 5.15. The van der Waals surface area contributed by atoms with Gasteiger partial charge in [0.15, 0.2) is 5.78 Å². The van der Waals surface area contributed by atoms with Gasteiger partial charge in [0, 0.05) is 16.5 Å². The Balaban J connectivity index is 1.88. The Bertz CT molecular complexity index is 686. The molecule has 0 bridgehead atoms. The molecule has 4 nitrogen and oxygen atoms in total. The quantitative estimate of drug-likeness (QED) is 0.566. The van der Waals surface area contributed by atoms with Crippen molar-refractivity contribution < 1.29 is 14.6 Å². The first-order valence-electron chi connectivity index (χ1n) is 7.80. The number of ketones is 1. The van der Waals surface area contributed by atoms with E-state index in [4.69, 9.17) is 4.74 Å². The summed E-state index contributed by atoms with van der Waals surface area (Å²) in [6.07, 6.45) is 2.71. The van der Waals surface area contributed by atoms with Crippen LogP contribution in [-0.4, -0.2) is 36.8 Å². The molecule has 0 saturated carbocycles. The first-order valence-corrected chi connectivity index (χ1v) is 9.02. The van der Waals surface area contributed by atoms with Gasteiger partial charge in [-0.05, 0) is 55.5 Å². The molecular weight excluding hydrogens is 322 g/mol. The Morgan fingerprint density at radius 3 is 2.58 bits per heavy atom. The minimum atomic E-state index is 0.0203. The molecule has 0 aromatic heterocycles. The van der Waals surface area contributed by atoms with Crippen molar-refractivity contribution in [3.8, 4) is 11.5 Å². The second-order valence-electron chi connectivity index (χ2n) is 5.64. The number of carbonyl (C=O) groups excluding carboxylic acids is 1. The van der Waals surface area contributed by atoms with E-state index < -0.39 is 0 Å². The van der Waals surface area contributed by atoms with Gasteiger partial charge in [-0.3, -0.25) is 4.79 Å². The smallest absolute Gasteiger partial charge is 0.176 e. The first-order chi connectivity index (χ1) is 11.5. The zero-order valence-electron chi connectivity index (χ0n) is 14.2. The average Bonchev–Trinajstić information content (AvgIpc) is 2.60. The van der Waals surface area contributed by atoms with Gasteiger partial charge in [-0.1, -0.05) is 12.1 Å². The van der Waals surface area contributed by atoms with Gasteiger partial charge in [-0.25, -0.2) is 0 Å². The number of phenolic OH excluding ortho intramolecular Hbond substituents is 1. The van der Waals surface area contributed by atoms with Gasteiger partial charge in [0.05, 0.1) is 13.7 Å². The minimum absolute atomic E-state index is 0.0203. The lowest BCUT2D eigenvalue weighted by molar-refractivity contribution is 0.0987. The van der Waals surface area contributed by atoms with Crippen LogP contribution in [0.4, 0.5) is 0 Å². The number of aromatic hydroxyl groups is 1. The van der Waals surface area contributed by atoms with Crippen molar-refractivity contribution in [3.05, 3.63) is 53.6 Å². The molecule has 0 spiro atoms. The number of nitrogens with one attached hydrogen (secondary N) is 1. The standard InChI is InChI=1S/C19H23NO3S/c1-13(10-14-4-7-16(23-2)8-5-14)20-12-18(22)15-6-9-17(21)19(11-15)24-3/h4-9,11,13,20-21H,10,12H2,1-3H3. The van der Waals surface area contributed by atoms with Crippen LogP contribution in [0.15, 0.2) is 47.4 Å². The van der Waals surface area contributed by atoms with Crippen molar-refractivity contribution in [1.82, 2.24) is 5.32 Å². The molecule has 0 aliphatic heterocycles.